The average Bonchev–Trinajstić information content (AvgIpc) is 2.61. The van der Waals surface area contributed by atoms with Gasteiger partial charge in [-0.25, -0.2) is 10.5 Å². The van der Waals surface area contributed by atoms with E-state index in [9.17, 15) is 0 Å². The third-order valence-electron chi connectivity index (χ3n) is 1.99. The maximum atomic E-state index is 5.78. The number of benzene rings is 1. The lowest BCUT2D eigenvalue weighted by molar-refractivity contribution is 0.772. The molecule has 0 aliphatic heterocycles. The van der Waals surface area contributed by atoms with E-state index in [2.05, 4.69) is 15.5 Å². The zero-order chi connectivity index (χ0) is 10.8. The number of hydrogen-bond acceptors (Lipinski definition) is 4. The highest BCUT2D eigenvalue weighted by molar-refractivity contribution is 6.30. The highest BCUT2D eigenvalue weighted by Crippen LogP contribution is 2.19. The number of anilines is 1. The van der Waals surface area contributed by atoms with Gasteiger partial charge in [-0.1, -0.05) is 11.6 Å². The lowest BCUT2D eigenvalue weighted by Gasteiger charge is -1.93. The Hall–Kier alpha value is -1.59. The number of rotatable bonds is 2. The summed E-state index contributed by atoms with van der Waals surface area (Å²) >= 11 is 5.78. The number of hydrazine groups is 1. The maximum Gasteiger partial charge on any atom is 0.235 e. The molecule has 0 fully saturated rings. The first-order valence-corrected chi connectivity index (χ1v) is 4.72. The zero-order valence-corrected chi connectivity index (χ0v) is 8.86. The van der Waals surface area contributed by atoms with Gasteiger partial charge < -0.3 is 0 Å². The van der Waals surface area contributed by atoms with Crippen molar-refractivity contribution in [3.8, 4) is 11.4 Å². The van der Waals surface area contributed by atoms with E-state index < -0.39 is 0 Å². The monoisotopic (exact) mass is 223 g/mol. The number of nitrogens with zero attached hydrogens (tertiary/aromatic N) is 3. The number of nitrogens with two attached hydrogens (primary N) is 1. The predicted octanol–water partition coefficient (Wildman–Crippen LogP) is 1.42. The number of halogens is 1. The largest absolute Gasteiger partial charge is 0.293 e. The Bertz CT molecular complexity index is 462. The number of hydrogen-bond donors (Lipinski definition) is 2. The zero-order valence-electron chi connectivity index (χ0n) is 8.11. The van der Waals surface area contributed by atoms with Crippen LogP contribution in [0.4, 0.5) is 5.95 Å². The average molecular weight is 224 g/mol. The van der Waals surface area contributed by atoms with Gasteiger partial charge in [0.25, 0.3) is 0 Å². The van der Waals surface area contributed by atoms with Crippen molar-refractivity contribution in [3.05, 3.63) is 29.3 Å². The molecule has 0 aliphatic rings. The highest BCUT2D eigenvalue weighted by atomic mass is 35.5. The minimum absolute atomic E-state index is 0.514. The maximum absolute atomic E-state index is 5.78. The molecule has 1 heterocycles. The van der Waals surface area contributed by atoms with Crippen molar-refractivity contribution < 1.29 is 0 Å². The van der Waals surface area contributed by atoms with Gasteiger partial charge >= 0.3 is 0 Å². The summed E-state index contributed by atoms with van der Waals surface area (Å²) in [5.74, 6) is 6.40. The van der Waals surface area contributed by atoms with Crippen LogP contribution < -0.4 is 11.3 Å². The van der Waals surface area contributed by atoms with Gasteiger partial charge in [-0.3, -0.25) is 5.43 Å². The molecule has 3 N–H and O–H groups in total. The van der Waals surface area contributed by atoms with Gasteiger partial charge in [0.15, 0.2) is 5.82 Å². The lowest BCUT2D eigenvalue weighted by Crippen LogP contribution is -2.11. The van der Waals surface area contributed by atoms with Crippen molar-refractivity contribution in [1.29, 1.82) is 0 Å². The molecule has 0 amide bonds. The number of aromatic nitrogens is 3. The molecule has 0 aliphatic carbocycles. The van der Waals surface area contributed by atoms with Crippen LogP contribution in [0.2, 0.25) is 5.02 Å². The van der Waals surface area contributed by atoms with Crippen LogP contribution in [0, 0.1) is 0 Å². The summed E-state index contributed by atoms with van der Waals surface area (Å²) in [7, 11) is 1.77. The summed E-state index contributed by atoms with van der Waals surface area (Å²) in [4.78, 5) is 4.20. The molecule has 1 aromatic heterocycles. The number of nitrogens with one attached hydrogen (secondary N) is 1. The van der Waals surface area contributed by atoms with E-state index in [1.807, 2.05) is 12.1 Å². The van der Waals surface area contributed by atoms with E-state index in [1.54, 1.807) is 23.9 Å². The first-order chi connectivity index (χ1) is 7.20. The summed E-state index contributed by atoms with van der Waals surface area (Å²) in [6.45, 7) is 0. The molecule has 2 aromatic rings. The Labute approximate surface area is 91.8 Å². The third-order valence-corrected chi connectivity index (χ3v) is 2.25. The predicted molar refractivity (Wildman–Crippen MR) is 59.3 cm³/mol. The van der Waals surface area contributed by atoms with E-state index in [0.717, 1.165) is 5.56 Å². The molecule has 0 atom stereocenters. The third kappa shape index (κ3) is 1.93. The molecule has 0 saturated carbocycles. The lowest BCUT2D eigenvalue weighted by atomic mass is 10.2. The second-order valence-electron chi connectivity index (χ2n) is 3.03. The Kier molecular flexibility index (Phi) is 2.57. The summed E-state index contributed by atoms with van der Waals surface area (Å²) in [6.07, 6.45) is 0. The van der Waals surface area contributed by atoms with Gasteiger partial charge in [-0.2, -0.15) is 4.98 Å². The topological polar surface area (TPSA) is 68.8 Å². The second-order valence-corrected chi connectivity index (χ2v) is 3.47. The van der Waals surface area contributed by atoms with E-state index >= 15 is 0 Å². The van der Waals surface area contributed by atoms with Crippen molar-refractivity contribution in [2.75, 3.05) is 5.43 Å². The van der Waals surface area contributed by atoms with Crippen molar-refractivity contribution in [1.82, 2.24) is 14.8 Å². The molecule has 2 rings (SSSR count). The standard InChI is InChI=1S/C9H10ClN5/c1-15-9(13-11)12-8(14-15)6-2-4-7(10)5-3-6/h2-5H,11H2,1H3,(H,12,13,14). The van der Waals surface area contributed by atoms with Crippen LogP contribution in [0.25, 0.3) is 11.4 Å². The Morgan fingerprint density at radius 2 is 2.00 bits per heavy atom. The molecule has 0 saturated heterocycles. The minimum Gasteiger partial charge on any atom is -0.293 e. The van der Waals surface area contributed by atoms with Crippen molar-refractivity contribution in [2.24, 2.45) is 12.9 Å². The molecule has 0 bridgehead atoms. The fourth-order valence-corrected chi connectivity index (χ4v) is 1.36. The SMILES string of the molecule is Cn1nc(-c2ccc(Cl)cc2)nc1NN. The van der Waals surface area contributed by atoms with E-state index in [1.165, 1.54) is 0 Å². The van der Waals surface area contributed by atoms with Gasteiger partial charge in [0.05, 0.1) is 0 Å². The normalized spacial score (nSPS) is 10.3. The molecule has 1 aromatic carbocycles. The van der Waals surface area contributed by atoms with E-state index in [0.29, 0.717) is 16.8 Å². The van der Waals surface area contributed by atoms with Crippen LogP contribution in [0.15, 0.2) is 24.3 Å². The fourth-order valence-electron chi connectivity index (χ4n) is 1.23. The van der Waals surface area contributed by atoms with Crippen LogP contribution in [-0.4, -0.2) is 14.8 Å². The molecular weight excluding hydrogens is 214 g/mol. The fraction of sp³-hybridized carbons (Fsp3) is 0.111. The van der Waals surface area contributed by atoms with Crippen LogP contribution in [0.3, 0.4) is 0 Å². The molecule has 0 unspecified atom stereocenters. The smallest absolute Gasteiger partial charge is 0.235 e. The summed E-state index contributed by atoms with van der Waals surface area (Å²) in [6, 6.07) is 7.31. The summed E-state index contributed by atoms with van der Waals surface area (Å²) in [5, 5.41) is 4.89. The molecule has 6 heteroatoms. The number of aryl methyl sites for hydroxylation is 1. The van der Waals surface area contributed by atoms with Gasteiger partial charge in [0.2, 0.25) is 5.95 Å². The first kappa shape index (κ1) is 9.95. The molecule has 0 spiro atoms. The van der Waals surface area contributed by atoms with Crippen LogP contribution in [0.1, 0.15) is 0 Å². The van der Waals surface area contributed by atoms with Crippen molar-refractivity contribution in [2.45, 2.75) is 0 Å². The Balaban J connectivity index is 2.41. The summed E-state index contributed by atoms with van der Waals surface area (Å²) < 4.78 is 1.57. The van der Waals surface area contributed by atoms with Crippen LogP contribution in [0.5, 0.6) is 0 Å². The molecule has 78 valence electrons. The van der Waals surface area contributed by atoms with Gasteiger partial charge in [-0.05, 0) is 24.3 Å². The molecular formula is C9H10ClN5. The van der Waals surface area contributed by atoms with E-state index in [4.69, 9.17) is 17.4 Å². The second kappa shape index (κ2) is 3.88. The highest BCUT2D eigenvalue weighted by Gasteiger charge is 2.07. The minimum atomic E-state index is 0.514. The van der Waals surface area contributed by atoms with Crippen LogP contribution >= 0.6 is 11.6 Å². The Morgan fingerprint density at radius 3 is 2.53 bits per heavy atom. The molecule has 15 heavy (non-hydrogen) atoms. The van der Waals surface area contributed by atoms with Crippen molar-refractivity contribution in [3.63, 3.8) is 0 Å². The summed E-state index contributed by atoms with van der Waals surface area (Å²) in [5.41, 5.74) is 3.36. The van der Waals surface area contributed by atoms with Crippen molar-refractivity contribution >= 4 is 17.5 Å². The van der Waals surface area contributed by atoms with Gasteiger partial charge in [-0.15, -0.1) is 5.10 Å². The van der Waals surface area contributed by atoms with E-state index in [-0.39, 0.29) is 0 Å². The van der Waals surface area contributed by atoms with Gasteiger partial charge in [0, 0.05) is 17.6 Å². The first-order valence-electron chi connectivity index (χ1n) is 4.34. The molecule has 5 nitrogen and oxygen atoms in total. The Morgan fingerprint density at radius 1 is 1.33 bits per heavy atom. The van der Waals surface area contributed by atoms with Crippen LogP contribution in [-0.2, 0) is 7.05 Å². The van der Waals surface area contributed by atoms with Gasteiger partial charge in [0.1, 0.15) is 0 Å². The number of nitrogen functional groups attached to an aromatic ring is 1. The molecule has 0 radical (unpaired) electrons. The quantitative estimate of drug-likeness (QED) is 0.597.